The predicted octanol–water partition coefficient (Wildman–Crippen LogP) is 2.08. The van der Waals surface area contributed by atoms with Crippen LogP contribution in [-0.4, -0.2) is 28.8 Å². The molecule has 1 atom stereocenters. The molecule has 1 aromatic heterocycles. The molecule has 1 aliphatic carbocycles. The number of rotatable bonds is 7. The first-order chi connectivity index (χ1) is 9.15. The van der Waals surface area contributed by atoms with Gasteiger partial charge in [-0.15, -0.1) is 0 Å². The van der Waals surface area contributed by atoms with Crippen molar-refractivity contribution in [3.05, 3.63) is 17.5 Å². The van der Waals surface area contributed by atoms with Gasteiger partial charge in [0, 0.05) is 18.5 Å². The summed E-state index contributed by atoms with van der Waals surface area (Å²) in [5.41, 5.74) is 0.304. The largest absolute Gasteiger partial charge is 0.391 e. The third kappa shape index (κ3) is 3.56. The van der Waals surface area contributed by atoms with Crippen molar-refractivity contribution < 1.29 is 14.4 Å². The Morgan fingerprint density at radius 3 is 2.79 bits per heavy atom. The van der Waals surface area contributed by atoms with Gasteiger partial charge in [0.05, 0.1) is 6.10 Å². The number of carbonyl (C=O) groups is 1. The summed E-state index contributed by atoms with van der Waals surface area (Å²) >= 11 is 0. The first kappa shape index (κ1) is 14.1. The number of aromatic nitrogens is 1. The molecule has 0 radical (unpaired) electrons. The summed E-state index contributed by atoms with van der Waals surface area (Å²) in [4.78, 5) is 11.9. The second-order valence-corrected chi connectivity index (χ2v) is 5.24. The summed E-state index contributed by atoms with van der Waals surface area (Å²) < 4.78 is 5.13. The van der Waals surface area contributed by atoms with Gasteiger partial charge in [-0.05, 0) is 18.8 Å². The Hall–Kier alpha value is -1.36. The zero-order valence-corrected chi connectivity index (χ0v) is 11.6. The summed E-state index contributed by atoms with van der Waals surface area (Å²) in [6, 6.07) is 1.70. The van der Waals surface area contributed by atoms with Crippen LogP contribution in [0.5, 0.6) is 0 Å². The third-order valence-corrected chi connectivity index (χ3v) is 3.81. The van der Waals surface area contributed by atoms with Gasteiger partial charge in [-0.25, -0.2) is 0 Å². The van der Waals surface area contributed by atoms with Crippen LogP contribution < -0.4 is 5.32 Å². The minimum atomic E-state index is -0.506. The second-order valence-electron chi connectivity index (χ2n) is 5.24. The Kier molecular flexibility index (Phi) is 4.58. The summed E-state index contributed by atoms with van der Waals surface area (Å²) in [6.07, 6.45) is 3.54. The van der Waals surface area contributed by atoms with E-state index in [1.165, 1.54) is 0 Å². The van der Waals surface area contributed by atoms with Crippen molar-refractivity contribution in [2.75, 3.05) is 6.54 Å². The lowest BCUT2D eigenvalue weighted by Crippen LogP contribution is -2.36. The molecule has 5 nitrogen and oxygen atoms in total. The lowest BCUT2D eigenvalue weighted by Gasteiger charge is -2.19. The minimum absolute atomic E-state index is 0.222. The lowest BCUT2D eigenvalue weighted by atomic mass is 9.96. The van der Waals surface area contributed by atoms with E-state index in [0.717, 1.165) is 31.4 Å². The van der Waals surface area contributed by atoms with Crippen molar-refractivity contribution in [2.24, 2.45) is 5.92 Å². The topological polar surface area (TPSA) is 75.4 Å². The number of aliphatic hydroxyl groups is 1. The molecule has 0 spiro atoms. The molecule has 0 aromatic carbocycles. The molecule has 2 N–H and O–H groups in total. The molecule has 0 aliphatic heterocycles. The van der Waals surface area contributed by atoms with E-state index in [2.05, 4.69) is 10.5 Å². The standard InChI is InChI=1S/C14H22N2O3/c1-3-9(4-2)12(17)8-15-14(18)11-7-13(19-16-11)10-5-6-10/h7,9-10,12,17H,3-6,8H2,1-2H3,(H,15,18). The van der Waals surface area contributed by atoms with Gasteiger partial charge in [-0.3, -0.25) is 4.79 Å². The van der Waals surface area contributed by atoms with Crippen molar-refractivity contribution in [1.29, 1.82) is 0 Å². The fourth-order valence-corrected chi connectivity index (χ4v) is 2.24. The first-order valence-electron chi connectivity index (χ1n) is 7.08. The van der Waals surface area contributed by atoms with Crippen LogP contribution >= 0.6 is 0 Å². The second kappa shape index (κ2) is 6.19. The van der Waals surface area contributed by atoms with E-state index in [1.54, 1.807) is 6.07 Å². The molecule has 5 heteroatoms. The Morgan fingerprint density at radius 2 is 2.21 bits per heavy atom. The highest BCUT2D eigenvalue weighted by Gasteiger charge is 2.29. The highest BCUT2D eigenvalue weighted by Crippen LogP contribution is 2.40. The van der Waals surface area contributed by atoms with Crippen LogP contribution in [0.1, 0.15) is 61.7 Å². The average Bonchev–Trinajstić information content (AvgIpc) is 3.15. The Bertz CT molecular complexity index is 422. The van der Waals surface area contributed by atoms with Gasteiger partial charge in [0.1, 0.15) is 5.76 Å². The van der Waals surface area contributed by atoms with Crippen LogP contribution in [0.2, 0.25) is 0 Å². The van der Waals surface area contributed by atoms with E-state index in [9.17, 15) is 9.90 Å². The molecule has 0 bridgehead atoms. The van der Waals surface area contributed by atoms with Crippen molar-refractivity contribution in [1.82, 2.24) is 10.5 Å². The van der Waals surface area contributed by atoms with Gasteiger partial charge >= 0.3 is 0 Å². The normalized spacial score (nSPS) is 16.6. The molecule has 1 unspecified atom stereocenters. The highest BCUT2D eigenvalue weighted by atomic mass is 16.5. The van der Waals surface area contributed by atoms with Crippen LogP contribution in [-0.2, 0) is 0 Å². The van der Waals surface area contributed by atoms with E-state index < -0.39 is 6.10 Å². The first-order valence-corrected chi connectivity index (χ1v) is 7.08. The third-order valence-electron chi connectivity index (χ3n) is 3.81. The molecule has 2 rings (SSSR count). The Morgan fingerprint density at radius 1 is 1.53 bits per heavy atom. The molecular weight excluding hydrogens is 244 g/mol. The minimum Gasteiger partial charge on any atom is -0.391 e. The molecule has 106 valence electrons. The summed E-state index contributed by atoms with van der Waals surface area (Å²) in [5.74, 6) is 1.19. The van der Waals surface area contributed by atoms with Crippen molar-refractivity contribution >= 4 is 5.91 Å². The van der Waals surface area contributed by atoms with Gasteiger partial charge in [-0.2, -0.15) is 0 Å². The molecule has 1 saturated carbocycles. The van der Waals surface area contributed by atoms with Crippen molar-refractivity contribution in [2.45, 2.75) is 51.6 Å². The van der Waals surface area contributed by atoms with Crippen molar-refractivity contribution in [3.63, 3.8) is 0 Å². The maximum absolute atomic E-state index is 11.9. The molecule has 1 aromatic rings. The summed E-state index contributed by atoms with van der Waals surface area (Å²) in [6.45, 7) is 4.34. The van der Waals surface area contributed by atoms with E-state index in [0.29, 0.717) is 11.6 Å². The smallest absolute Gasteiger partial charge is 0.273 e. The number of amides is 1. The van der Waals surface area contributed by atoms with Gasteiger partial charge in [0.25, 0.3) is 5.91 Å². The number of carbonyl (C=O) groups excluding carboxylic acids is 1. The molecule has 0 saturated heterocycles. The van der Waals surface area contributed by atoms with E-state index in [-0.39, 0.29) is 18.4 Å². The summed E-state index contributed by atoms with van der Waals surface area (Å²) in [5, 5.41) is 16.4. The van der Waals surface area contributed by atoms with Gasteiger partial charge in [0.15, 0.2) is 5.69 Å². The van der Waals surface area contributed by atoms with Crippen LogP contribution in [0.15, 0.2) is 10.6 Å². The zero-order valence-electron chi connectivity index (χ0n) is 11.6. The van der Waals surface area contributed by atoms with Crippen molar-refractivity contribution in [3.8, 4) is 0 Å². The van der Waals surface area contributed by atoms with Crippen LogP contribution in [0.25, 0.3) is 0 Å². The highest BCUT2D eigenvalue weighted by molar-refractivity contribution is 5.92. The zero-order chi connectivity index (χ0) is 13.8. The number of aliphatic hydroxyl groups excluding tert-OH is 1. The van der Waals surface area contributed by atoms with Crippen LogP contribution in [0.4, 0.5) is 0 Å². The summed E-state index contributed by atoms with van der Waals surface area (Å²) in [7, 11) is 0. The van der Waals surface area contributed by atoms with Gasteiger partial charge in [-0.1, -0.05) is 31.8 Å². The Labute approximate surface area is 113 Å². The number of hydrogen-bond acceptors (Lipinski definition) is 4. The van der Waals surface area contributed by atoms with E-state index in [1.807, 2.05) is 13.8 Å². The fourth-order valence-electron chi connectivity index (χ4n) is 2.24. The van der Waals surface area contributed by atoms with E-state index >= 15 is 0 Å². The predicted molar refractivity (Wildman–Crippen MR) is 70.9 cm³/mol. The quantitative estimate of drug-likeness (QED) is 0.792. The van der Waals surface area contributed by atoms with E-state index in [4.69, 9.17) is 4.52 Å². The molecule has 1 amide bonds. The monoisotopic (exact) mass is 266 g/mol. The Balaban J connectivity index is 1.82. The maximum atomic E-state index is 11.9. The van der Waals surface area contributed by atoms with Gasteiger partial charge < -0.3 is 14.9 Å². The molecular formula is C14H22N2O3. The average molecular weight is 266 g/mol. The molecule has 1 heterocycles. The van der Waals surface area contributed by atoms with Gasteiger partial charge in [0.2, 0.25) is 0 Å². The SMILES string of the molecule is CCC(CC)C(O)CNC(=O)c1cc(C2CC2)on1. The van der Waals surface area contributed by atoms with Crippen LogP contribution in [0.3, 0.4) is 0 Å². The fraction of sp³-hybridized carbons (Fsp3) is 0.714. The number of nitrogens with zero attached hydrogens (tertiary/aromatic N) is 1. The number of nitrogens with one attached hydrogen (secondary N) is 1. The maximum Gasteiger partial charge on any atom is 0.273 e. The molecule has 1 fully saturated rings. The lowest BCUT2D eigenvalue weighted by molar-refractivity contribution is 0.0810. The molecule has 19 heavy (non-hydrogen) atoms. The number of hydrogen-bond donors (Lipinski definition) is 2. The van der Waals surface area contributed by atoms with Crippen LogP contribution in [0, 0.1) is 5.92 Å². The molecule has 1 aliphatic rings.